The summed E-state index contributed by atoms with van der Waals surface area (Å²) in [6.07, 6.45) is 1.29. The number of hydrogen-bond acceptors (Lipinski definition) is 7. The molecule has 0 unspecified atom stereocenters. The topological polar surface area (TPSA) is 106 Å². The van der Waals surface area contributed by atoms with E-state index in [1.54, 1.807) is 0 Å². The van der Waals surface area contributed by atoms with E-state index in [4.69, 9.17) is 14.2 Å². The van der Waals surface area contributed by atoms with Gasteiger partial charge in [-0.3, -0.25) is 14.6 Å². The third kappa shape index (κ3) is 4.73. The van der Waals surface area contributed by atoms with E-state index in [1.165, 1.54) is 0 Å². The van der Waals surface area contributed by atoms with E-state index in [0.29, 0.717) is 62.9 Å². The highest BCUT2D eigenvalue weighted by Gasteiger charge is 2.17. The number of aromatic amines is 1. The first-order valence-electron chi connectivity index (χ1n) is 10.2. The van der Waals surface area contributed by atoms with Crippen LogP contribution >= 0.6 is 0 Å². The van der Waals surface area contributed by atoms with E-state index in [9.17, 15) is 9.59 Å². The molecule has 160 valence electrons. The van der Waals surface area contributed by atoms with Crippen molar-refractivity contribution in [2.45, 2.75) is 26.2 Å². The Bertz CT molecular complexity index is 968. The van der Waals surface area contributed by atoms with Crippen molar-refractivity contribution in [2.24, 2.45) is 0 Å². The molecule has 2 aliphatic heterocycles. The zero-order chi connectivity index (χ0) is 20.9. The van der Waals surface area contributed by atoms with E-state index in [0.717, 1.165) is 17.1 Å². The number of morpholine rings is 1. The summed E-state index contributed by atoms with van der Waals surface area (Å²) < 4.78 is 16.0. The largest absolute Gasteiger partial charge is 0.454 e. The third-order valence-electron chi connectivity index (χ3n) is 5.30. The fourth-order valence-electron chi connectivity index (χ4n) is 3.58. The van der Waals surface area contributed by atoms with E-state index in [-0.39, 0.29) is 24.7 Å². The molecule has 2 aliphatic rings. The molecular weight excluding hydrogens is 388 g/mol. The van der Waals surface area contributed by atoms with Crippen molar-refractivity contribution in [3.63, 3.8) is 0 Å². The van der Waals surface area contributed by atoms with Gasteiger partial charge in [0.2, 0.25) is 18.6 Å². The molecule has 1 fully saturated rings. The van der Waals surface area contributed by atoms with Crippen molar-refractivity contribution in [3.05, 3.63) is 45.4 Å². The van der Waals surface area contributed by atoms with Crippen LogP contribution in [0.4, 0.5) is 5.95 Å². The first-order valence-corrected chi connectivity index (χ1v) is 10.2. The number of H-pyrrole nitrogens is 1. The van der Waals surface area contributed by atoms with E-state index >= 15 is 0 Å². The Labute approximate surface area is 174 Å². The molecule has 0 radical (unpaired) electrons. The predicted octanol–water partition coefficient (Wildman–Crippen LogP) is 0.935. The van der Waals surface area contributed by atoms with Crippen LogP contribution in [0.25, 0.3) is 0 Å². The van der Waals surface area contributed by atoms with E-state index in [1.807, 2.05) is 30.0 Å². The lowest BCUT2D eigenvalue weighted by Gasteiger charge is -2.27. The zero-order valence-corrected chi connectivity index (χ0v) is 17.0. The van der Waals surface area contributed by atoms with Crippen molar-refractivity contribution < 1.29 is 19.0 Å². The van der Waals surface area contributed by atoms with Gasteiger partial charge in [0.1, 0.15) is 0 Å². The van der Waals surface area contributed by atoms with Gasteiger partial charge < -0.3 is 24.4 Å². The molecule has 30 heavy (non-hydrogen) atoms. The summed E-state index contributed by atoms with van der Waals surface area (Å²) in [7, 11) is 0. The molecule has 1 aromatic carbocycles. The maximum absolute atomic E-state index is 12.5. The van der Waals surface area contributed by atoms with Crippen LogP contribution < -0.4 is 25.2 Å². The number of amides is 1. The molecule has 9 nitrogen and oxygen atoms in total. The van der Waals surface area contributed by atoms with Crippen molar-refractivity contribution >= 4 is 11.9 Å². The van der Waals surface area contributed by atoms with Crippen LogP contribution in [0, 0.1) is 6.92 Å². The number of nitrogens with one attached hydrogen (secondary N) is 2. The number of nitrogens with zero attached hydrogens (tertiary/aromatic N) is 2. The smallest absolute Gasteiger partial charge is 0.255 e. The number of anilines is 1. The van der Waals surface area contributed by atoms with Crippen molar-refractivity contribution in [1.82, 2.24) is 15.3 Å². The fraction of sp³-hybridized carbons (Fsp3) is 0.476. The Balaban J connectivity index is 1.26. The molecule has 3 heterocycles. The molecule has 2 N–H and O–H groups in total. The predicted molar refractivity (Wildman–Crippen MR) is 110 cm³/mol. The van der Waals surface area contributed by atoms with Gasteiger partial charge in [-0.15, -0.1) is 0 Å². The maximum atomic E-state index is 12.5. The SMILES string of the molecule is Cc1nc(N2CCOCC2)[nH]c(=O)c1CCC(=O)NCCc1ccc2c(c1)OCO2. The third-order valence-corrected chi connectivity index (χ3v) is 5.30. The van der Waals surface area contributed by atoms with E-state index in [2.05, 4.69) is 15.3 Å². The van der Waals surface area contributed by atoms with Crippen LogP contribution in [0.15, 0.2) is 23.0 Å². The number of aryl methyl sites for hydroxylation is 1. The minimum absolute atomic E-state index is 0.0909. The number of fused-ring (bicyclic) bond motifs is 1. The second-order valence-electron chi connectivity index (χ2n) is 7.34. The van der Waals surface area contributed by atoms with E-state index < -0.39 is 0 Å². The lowest BCUT2D eigenvalue weighted by atomic mass is 10.1. The van der Waals surface area contributed by atoms with Gasteiger partial charge in [0.05, 0.1) is 13.2 Å². The highest BCUT2D eigenvalue weighted by molar-refractivity contribution is 5.76. The van der Waals surface area contributed by atoms with Crippen LogP contribution in [-0.2, 0) is 22.4 Å². The Morgan fingerprint density at radius 3 is 2.80 bits per heavy atom. The van der Waals surface area contributed by atoms with Gasteiger partial charge in [0, 0.05) is 37.3 Å². The normalized spacial score (nSPS) is 15.3. The number of carbonyl (C=O) groups is 1. The minimum atomic E-state index is -0.183. The van der Waals surface area contributed by atoms with Gasteiger partial charge >= 0.3 is 0 Å². The summed E-state index contributed by atoms with van der Waals surface area (Å²) in [5, 5.41) is 2.91. The Kier molecular flexibility index (Phi) is 6.18. The van der Waals surface area contributed by atoms with Gasteiger partial charge in [0.15, 0.2) is 11.5 Å². The Morgan fingerprint density at radius 1 is 1.20 bits per heavy atom. The highest BCUT2D eigenvalue weighted by Crippen LogP contribution is 2.32. The van der Waals surface area contributed by atoms with Crippen LogP contribution in [-0.4, -0.2) is 55.5 Å². The standard InChI is InChI=1S/C21H26N4O5/c1-14-16(20(27)24-21(23-14)25-8-10-28-11-9-25)3-5-19(26)22-7-6-15-2-4-17-18(12-15)30-13-29-17/h2,4,12H,3,5-11,13H2,1H3,(H,22,26)(H,23,24,27). The summed E-state index contributed by atoms with van der Waals surface area (Å²) in [6.45, 7) is 5.22. The Hall–Kier alpha value is -3.07. The molecule has 1 aromatic heterocycles. The van der Waals surface area contributed by atoms with Crippen LogP contribution in [0.2, 0.25) is 0 Å². The molecular formula is C21H26N4O5. The Morgan fingerprint density at radius 2 is 2.00 bits per heavy atom. The number of rotatable bonds is 7. The summed E-state index contributed by atoms with van der Waals surface area (Å²) in [4.78, 5) is 34.1. The van der Waals surface area contributed by atoms with Gasteiger partial charge in [-0.25, -0.2) is 4.98 Å². The molecule has 0 spiro atoms. The number of benzene rings is 1. The second-order valence-corrected chi connectivity index (χ2v) is 7.34. The molecule has 2 aromatic rings. The molecule has 0 aliphatic carbocycles. The zero-order valence-electron chi connectivity index (χ0n) is 17.0. The number of hydrogen-bond donors (Lipinski definition) is 2. The maximum Gasteiger partial charge on any atom is 0.255 e. The molecule has 9 heteroatoms. The number of ether oxygens (including phenoxy) is 3. The monoisotopic (exact) mass is 414 g/mol. The average molecular weight is 414 g/mol. The summed E-state index contributed by atoms with van der Waals surface area (Å²) in [6, 6.07) is 5.77. The highest BCUT2D eigenvalue weighted by atomic mass is 16.7. The fourth-order valence-corrected chi connectivity index (χ4v) is 3.58. The van der Waals surface area contributed by atoms with Crippen molar-refractivity contribution in [2.75, 3.05) is 44.5 Å². The van der Waals surface area contributed by atoms with Crippen LogP contribution in [0.3, 0.4) is 0 Å². The lowest BCUT2D eigenvalue weighted by molar-refractivity contribution is -0.121. The molecule has 0 saturated carbocycles. The first kappa shape index (κ1) is 20.2. The van der Waals surface area contributed by atoms with Crippen LogP contribution in [0.5, 0.6) is 11.5 Å². The molecule has 1 amide bonds. The molecule has 0 atom stereocenters. The average Bonchev–Trinajstić information content (AvgIpc) is 3.21. The summed E-state index contributed by atoms with van der Waals surface area (Å²) in [5.74, 6) is 1.96. The number of aromatic nitrogens is 2. The van der Waals surface area contributed by atoms with Crippen LogP contribution in [0.1, 0.15) is 23.2 Å². The van der Waals surface area contributed by atoms with Crippen molar-refractivity contribution in [3.8, 4) is 11.5 Å². The second kappa shape index (κ2) is 9.17. The lowest BCUT2D eigenvalue weighted by Crippen LogP contribution is -2.38. The van der Waals surface area contributed by atoms with Crippen molar-refractivity contribution in [1.29, 1.82) is 0 Å². The summed E-state index contributed by atoms with van der Waals surface area (Å²) >= 11 is 0. The van der Waals surface area contributed by atoms with Gasteiger partial charge in [-0.1, -0.05) is 6.07 Å². The van der Waals surface area contributed by atoms with Gasteiger partial charge in [-0.05, 0) is 37.5 Å². The van der Waals surface area contributed by atoms with Gasteiger partial charge in [-0.2, -0.15) is 0 Å². The minimum Gasteiger partial charge on any atom is -0.454 e. The van der Waals surface area contributed by atoms with Gasteiger partial charge in [0.25, 0.3) is 5.56 Å². The number of carbonyl (C=O) groups excluding carboxylic acids is 1. The molecule has 4 rings (SSSR count). The molecule has 1 saturated heterocycles. The molecule has 0 bridgehead atoms. The summed E-state index contributed by atoms with van der Waals surface area (Å²) in [5.41, 5.74) is 2.10. The quantitative estimate of drug-likeness (QED) is 0.694. The first-order chi connectivity index (χ1) is 14.6.